The van der Waals surface area contributed by atoms with Gasteiger partial charge in [0.05, 0.1) is 36.2 Å². The van der Waals surface area contributed by atoms with Crippen LogP contribution in [-0.4, -0.2) is 51.8 Å². The van der Waals surface area contributed by atoms with Crippen LogP contribution in [0.4, 0.5) is 11.1 Å². The number of hydrogen-bond donors (Lipinski definition) is 3. The summed E-state index contributed by atoms with van der Waals surface area (Å²) in [5, 5.41) is 15.5. The van der Waals surface area contributed by atoms with E-state index in [1.807, 2.05) is 0 Å². The van der Waals surface area contributed by atoms with E-state index in [4.69, 9.17) is 14.6 Å². The van der Waals surface area contributed by atoms with Gasteiger partial charge in [0.15, 0.2) is 10.9 Å². The number of hydrogen-bond acceptors (Lipinski definition) is 9. The SMILES string of the molecule is COC12CC(C(=O)Nc3ncc(Oc4cnc(NCCO)nc4)s3)(C1)C2. The number of aliphatic hydroxyl groups is 1. The lowest BCUT2D eigenvalue weighted by Crippen LogP contribution is -2.72. The number of nitrogens with one attached hydrogen (secondary N) is 2. The molecule has 0 atom stereocenters. The quantitative estimate of drug-likeness (QED) is 0.635. The van der Waals surface area contributed by atoms with Gasteiger partial charge in [0.25, 0.3) is 0 Å². The Labute approximate surface area is 153 Å². The zero-order valence-corrected chi connectivity index (χ0v) is 15.0. The highest BCUT2D eigenvalue weighted by Crippen LogP contribution is 2.69. The van der Waals surface area contributed by atoms with E-state index in [2.05, 4.69) is 25.6 Å². The van der Waals surface area contributed by atoms with Crippen LogP contribution >= 0.6 is 11.3 Å². The number of carbonyl (C=O) groups is 1. The Morgan fingerprint density at radius 1 is 1.27 bits per heavy atom. The molecule has 2 aromatic heterocycles. The minimum absolute atomic E-state index is 0.0000287. The van der Waals surface area contributed by atoms with Crippen LogP contribution in [-0.2, 0) is 9.53 Å². The van der Waals surface area contributed by atoms with Gasteiger partial charge in [-0.15, -0.1) is 0 Å². The monoisotopic (exact) mass is 377 g/mol. The second-order valence-electron chi connectivity index (χ2n) is 6.63. The fourth-order valence-electron chi connectivity index (χ4n) is 3.49. The number of amides is 1. The molecular weight excluding hydrogens is 358 g/mol. The molecule has 10 heteroatoms. The third kappa shape index (κ3) is 3.00. The van der Waals surface area contributed by atoms with Crippen LogP contribution in [0.15, 0.2) is 18.6 Å². The van der Waals surface area contributed by atoms with Crippen LogP contribution in [0.25, 0.3) is 0 Å². The summed E-state index contributed by atoms with van der Waals surface area (Å²) < 4.78 is 11.1. The summed E-state index contributed by atoms with van der Waals surface area (Å²) in [6.45, 7) is 0.385. The first kappa shape index (κ1) is 17.1. The number of methoxy groups -OCH3 is 1. The molecule has 0 aliphatic heterocycles. The fraction of sp³-hybridized carbons (Fsp3) is 0.500. The van der Waals surface area contributed by atoms with Crippen LogP contribution in [0.2, 0.25) is 0 Å². The zero-order chi connectivity index (χ0) is 18.2. The molecule has 0 saturated heterocycles. The van der Waals surface area contributed by atoms with Gasteiger partial charge in [-0.05, 0) is 19.3 Å². The van der Waals surface area contributed by atoms with E-state index < -0.39 is 0 Å². The van der Waals surface area contributed by atoms with Gasteiger partial charge < -0.3 is 25.2 Å². The van der Waals surface area contributed by atoms with Crippen LogP contribution in [0.3, 0.4) is 0 Å². The molecule has 2 aromatic rings. The van der Waals surface area contributed by atoms with E-state index in [0.717, 1.165) is 19.3 Å². The van der Waals surface area contributed by atoms with E-state index in [9.17, 15) is 4.79 Å². The van der Waals surface area contributed by atoms with Gasteiger partial charge in [0.2, 0.25) is 16.9 Å². The molecule has 0 spiro atoms. The second kappa shape index (κ2) is 6.45. The van der Waals surface area contributed by atoms with Crippen LogP contribution in [0, 0.1) is 5.41 Å². The number of rotatable bonds is 8. The molecule has 138 valence electrons. The summed E-state index contributed by atoms with van der Waals surface area (Å²) in [5.41, 5.74) is -0.347. The summed E-state index contributed by atoms with van der Waals surface area (Å²) in [6.07, 6.45) is 6.95. The largest absolute Gasteiger partial charge is 0.442 e. The van der Waals surface area contributed by atoms with Crippen LogP contribution in [0.1, 0.15) is 19.3 Å². The van der Waals surface area contributed by atoms with E-state index in [-0.39, 0.29) is 23.5 Å². The minimum Gasteiger partial charge on any atom is -0.442 e. The molecule has 2 bridgehead atoms. The number of carbonyl (C=O) groups excluding carboxylic acids is 1. The zero-order valence-electron chi connectivity index (χ0n) is 14.2. The first-order valence-electron chi connectivity index (χ1n) is 8.24. The molecule has 0 radical (unpaired) electrons. The van der Waals surface area contributed by atoms with Gasteiger partial charge in [-0.25, -0.2) is 15.0 Å². The fourth-order valence-corrected chi connectivity index (χ4v) is 4.17. The average Bonchev–Trinajstić information content (AvgIpc) is 2.99. The highest BCUT2D eigenvalue weighted by molar-refractivity contribution is 7.17. The number of ether oxygens (including phenoxy) is 2. The molecule has 3 N–H and O–H groups in total. The van der Waals surface area contributed by atoms with Crippen LogP contribution in [0.5, 0.6) is 10.8 Å². The predicted octanol–water partition coefficient (Wildman–Crippen LogP) is 1.64. The molecule has 5 rings (SSSR count). The smallest absolute Gasteiger partial charge is 0.232 e. The molecule has 3 fully saturated rings. The van der Waals surface area contributed by atoms with Crippen LogP contribution < -0.4 is 15.4 Å². The Balaban J connectivity index is 1.31. The molecule has 3 saturated carbocycles. The molecular formula is C16H19N5O4S. The number of thiazole rings is 1. The predicted molar refractivity (Wildman–Crippen MR) is 94.4 cm³/mol. The van der Waals surface area contributed by atoms with Crippen molar-refractivity contribution in [1.29, 1.82) is 0 Å². The highest BCUT2D eigenvalue weighted by Gasteiger charge is 2.72. The third-order valence-corrected chi connectivity index (χ3v) is 5.63. The topological polar surface area (TPSA) is 118 Å². The van der Waals surface area contributed by atoms with Crippen molar-refractivity contribution in [3.05, 3.63) is 18.6 Å². The number of anilines is 2. The van der Waals surface area contributed by atoms with Gasteiger partial charge in [-0.2, -0.15) is 0 Å². The normalized spacial score (nSPS) is 25.8. The first-order valence-corrected chi connectivity index (χ1v) is 9.05. The number of aromatic nitrogens is 3. The van der Waals surface area contributed by atoms with Gasteiger partial charge in [-0.3, -0.25) is 4.79 Å². The Kier molecular flexibility index (Phi) is 4.25. The Morgan fingerprint density at radius 2 is 2.00 bits per heavy atom. The summed E-state index contributed by atoms with van der Waals surface area (Å²) in [5.74, 6) is 0.874. The molecule has 3 aliphatic carbocycles. The lowest BCUT2D eigenvalue weighted by molar-refractivity contribution is -0.260. The molecule has 0 unspecified atom stereocenters. The molecule has 0 aromatic carbocycles. The third-order valence-electron chi connectivity index (χ3n) is 4.84. The Bertz CT molecular complexity index is 789. The van der Waals surface area contributed by atoms with Crippen molar-refractivity contribution < 1.29 is 19.4 Å². The lowest BCUT2D eigenvalue weighted by Gasteiger charge is -2.67. The number of nitrogens with zero attached hydrogens (tertiary/aromatic N) is 3. The molecule has 9 nitrogen and oxygen atoms in total. The van der Waals surface area contributed by atoms with Gasteiger partial charge >= 0.3 is 0 Å². The highest BCUT2D eigenvalue weighted by atomic mass is 32.1. The average molecular weight is 377 g/mol. The van der Waals surface area contributed by atoms with E-state index >= 15 is 0 Å². The maximum absolute atomic E-state index is 12.4. The van der Waals surface area contributed by atoms with Crippen molar-refractivity contribution in [2.45, 2.75) is 24.9 Å². The van der Waals surface area contributed by atoms with Gasteiger partial charge in [-0.1, -0.05) is 11.3 Å². The maximum Gasteiger partial charge on any atom is 0.232 e. The minimum atomic E-state index is -0.284. The molecule has 2 heterocycles. The van der Waals surface area contributed by atoms with Crippen molar-refractivity contribution in [1.82, 2.24) is 15.0 Å². The maximum atomic E-state index is 12.4. The Hall–Kier alpha value is -2.30. The first-order chi connectivity index (χ1) is 12.6. The molecule has 3 aliphatic rings. The van der Waals surface area contributed by atoms with Gasteiger partial charge in [0, 0.05) is 13.7 Å². The standard InChI is InChI=1S/C16H19N5O4S/c1-24-16-7-15(8-16,9-16)12(23)21-14-20-6-11(26-14)25-10-4-18-13(19-5-10)17-2-3-22/h4-6,22H,2-3,7-9H2,1H3,(H,17,18,19)(H,20,21,23). The van der Waals surface area contributed by atoms with Crippen molar-refractivity contribution in [3.8, 4) is 10.8 Å². The lowest BCUT2D eigenvalue weighted by atomic mass is 9.41. The number of aliphatic hydroxyl groups excluding tert-OH is 1. The second-order valence-corrected chi connectivity index (χ2v) is 7.62. The summed E-state index contributed by atoms with van der Waals surface area (Å²) in [4.78, 5) is 24.8. The summed E-state index contributed by atoms with van der Waals surface area (Å²) in [6, 6.07) is 0. The van der Waals surface area contributed by atoms with Crippen molar-refractivity contribution in [3.63, 3.8) is 0 Å². The molecule has 26 heavy (non-hydrogen) atoms. The van der Waals surface area contributed by atoms with Crippen molar-refractivity contribution in [2.75, 3.05) is 30.9 Å². The summed E-state index contributed by atoms with van der Waals surface area (Å²) >= 11 is 1.25. The van der Waals surface area contributed by atoms with E-state index in [1.165, 1.54) is 23.7 Å². The molecule has 1 amide bonds. The Morgan fingerprint density at radius 3 is 2.65 bits per heavy atom. The van der Waals surface area contributed by atoms with Gasteiger partial charge in [0.1, 0.15) is 0 Å². The van der Waals surface area contributed by atoms with Crippen molar-refractivity contribution >= 4 is 28.3 Å². The van der Waals surface area contributed by atoms with E-state index in [1.54, 1.807) is 13.3 Å². The van der Waals surface area contributed by atoms with Crippen molar-refractivity contribution in [2.24, 2.45) is 5.41 Å². The van der Waals surface area contributed by atoms with E-state index in [0.29, 0.717) is 28.4 Å². The summed E-state index contributed by atoms with van der Waals surface area (Å²) in [7, 11) is 1.70.